The van der Waals surface area contributed by atoms with E-state index >= 15 is 0 Å². The Bertz CT molecular complexity index is 720. The van der Waals surface area contributed by atoms with Crippen LogP contribution in [0, 0.1) is 0 Å². The third kappa shape index (κ3) is 4.25. The molecule has 2 aromatic rings. The molecule has 1 aliphatic rings. The van der Waals surface area contributed by atoms with E-state index in [0.717, 1.165) is 15.6 Å². The fourth-order valence-electron chi connectivity index (χ4n) is 2.88. The van der Waals surface area contributed by atoms with Gasteiger partial charge in [0.2, 0.25) is 6.29 Å². The standard InChI is InChI=1S/C19H21BrO6/c20-13-7-5-11(6-8-13)9-12-3-1-2-4-14(12)25-19-18(24)17(23)16(22)15(10-21)26-19/h1-8,15-19,21-24H,9-10H2/t15-,16-,17+,18-,19-/m1/s1. The Hall–Kier alpha value is -1.48. The van der Waals surface area contributed by atoms with Crippen molar-refractivity contribution >= 4 is 15.9 Å². The van der Waals surface area contributed by atoms with Gasteiger partial charge in [-0.2, -0.15) is 0 Å². The van der Waals surface area contributed by atoms with Gasteiger partial charge in [-0.05, 0) is 29.3 Å². The fraction of sp³-hybridized carbons (Fsp3) is 0.368. The first-order valence-electron chi connectivity index (χ1n) is 8.29. The van der Waals surface area contributed by atoms with Gasteiger partial charge in [-0.1, -0.05) is 46.3 Å². The Kier molecular flexibility index (Phi) is 6.29. The van der Waals surface area contributed by atoms with E-state index in [-0.39, 0.29) is 0 Å². The Balaban J connectivity index is 1.78. The number of aliphatic hydroxyl groups excluding tert-OH is 4. The summed E-state index contributed by atoms with van der Waals surface area (Å²) in [5.41, 5.74) is 1.96. The van der Waals surface area contributed by atoms with Crippen LogP contribution in [-0.2, 0) is 11.2 Å². The minimum atomic E-state index is -1.47. The van der Waals surface area contributed by atoms with E-state index in [1.807, 2.05) is 36.4 Å². The summed E-state index contributed by atoms with van der Waals surface area (Å²) < 4.78 is 12.2. The van der Waals surface area contributed by atoms with Crippen molar-refractivity contribution in [1.29, 1.82) is 0 Å². The second-order valence-electron chi connectivity index (χ2n) is 6.23. The molecule has 1 aliphatic heterocycles. The molecule has 0 aromatic heterocycles. The highest BCUT2D eigenvalue weighted by atomic mass is 79.9. The van der Waals surface area contributed by atoms with Gasteiger partial charge in [-0.25, -0.2) is 0 Å². The van der Waals surface area contributed by atoms with Crippen LogP contribution in [-0.4, -0.2) is 57.7 Å². The molecule has 1 heterocycles. The summed E-state index contributed by atoms with van der Waals surface area (Å²) in [6.07, 6.45) is -5.90. The summed E-state index contributed by atoms with van der Waals surface area (Å²) >= 11 is 3.41. The lowest BCUT2D eigenvalue weighted by Gasteiger charge is -2.39. The molecule has 0 unspecified atom stereocenters. The monoisotopic (exact) mass is 424 g/mol. The minimum Gasteiger partial charge on any atom is -0.462 e. The van der Waals surface area contributed by atoms with Crippen LogP contribution in [0.3, 0.4) is 0 Å². The summed E-state index contributed by atoms with van der Waals surface area (Å²) in [6.45, 7) is -0.495. The van der Waals surface area contributed by atoms with E-state index in [2.05, 4.69) is 15.9 Å². The van der Waals surface area contributed by atoms with Gasteiger partial charge >= 0.3 is 0 Å². The van der Waals surface area contributed by atoms with Crippen molar-refractivity contribution in [2.45, 2.75) is 37.1 Å². The molecule has 1 fully saturated rings. The highest BCUT2D eigenvalue weighted by molar-refractivity contribution is 9.10. The zero-order chi connectivity index (χ0) is 18.7. The molecule has 0 saturated carbocycles. The normalized spacial score (nSPS) is 28.7. The minimum absolute atomic E-state index is 0.495. The van der Waals surface area contributed by atoms with Crippen LogP contribution in [0.25, 0.3) is 0 Å². The van der Waals surface area contributed by atoms with Crippen LogP contribution in [0.4, 0.5) is 0 Å². The van der Waals surface area contributed by atoms with Crippen molar-refractivity contribution in [1.82, 2.24) is 0 Å². The van der Waals surface area contributed by atoms with Crippen LogP contribution in [0.15, 0.2) is 53.0 Å². The molecule has 2 aromatic carbocycles. The fourth-order valence-corrected chi connectivity index (χ4v) is 3.14. The molecule has 4 N–H and O–H groups in total. The number of para-hydroxylation sites is 1. The first-order chi connectivity index (χ1) is 12.5. The first kappa shape index (κ1) is 19.3. The topological polar surface area (TPSA) is 99.4 Å². The molecule has 3 rings (SSSR count). The molecule has 0 aliphatic carbocycles. The average molecular weight is 425 g/mol. The highest BCUT2D eigenvalue weighted by Crippen LogP contribution is 2.28. The van der Waals surface area contributed by atoms with E-state index in [1.165, 1.54) is 0 Å². The zero-order valence-electron chi connectivity index (χ0n) is 13.9. The molecule has 6 nitrogen and oxygen atoms in total. The number of benzene rings is 2. The second kappa shape index (κ2) is 8.47. The van der Waals surface area contributed by atoms with Gasteiger partial charge in [0.1, 0.15) is 30.2 Å². The van der Waals surface area contributed by atoms with Gasteiger partial charge < -0.3 is 29.9 Å². The summed E-state index contributed by atoms with van der Waals surface area (Å²) in [5.74, 6) is 0.500. The Morgan fingerprint density at radius 1 is 0.923 bits per heavy atom. The van der Waals surface area contributed by atoms with Gasteiger partial charge in [0.15, 0.2) is 0 Å². The number of hydrogen-bond donors (Lipinski definition) is 4. The lowest BCUT2D eigenvalue weighted by Crippen LogP contribution is -2.60. The van der Waals surface area contributed by atoms with E-state index in [1.54, 1.807) is 12.1 Å². The van der Waals surface area contributed by atoms with Gasteiger partial charge in [0.05, 0.1) is 6.61 Å². The molecule has 5 atom stereocenters. The van der Waals surface area contributed by atoms with Gasteiger partial charge in [-0.3, -0.25) is 0 Å². The highest BCUT2D eigenvalue weighted by Gasteiger charge is 2.44. The molecule has 140 valence electrons. The molecule has 0 radical (unpaired) electrons. The first-order valence-corrected chi connectivity index (χ1v) is 9.08. The Morgan fingerprint density at radius 3 is 2.31 bits per heavy atom. The van der Waals surface area contributed by atoms with Crippen molar-refractivity contribution < 1.29 is 29.9 Å². The van der Waals surface area contributed by atoms with Crippen LogP contribution >= 0.6 is 15.9 Å². The quantitative estimate of drug-likeness (QED) is 0.575. The predicted molar refractivity (Wildman–Crippen MR) is 97.8 cm³/mol. The molecule has 1 saturated heterocycles. The van der Waals surface area contributed by atoms with Gasteiger partial charge in [-0.15, -0.1) is 0 Å². The Morgan fingerprint density at radius 2 is 1.62 bits per heavy atom. The number of rotatable bonds is 5. The van der Waals surface area contributed by atoms with Crippen molar-refractivity contribution in [3.63, 3.8) is 0 Å². The third-order valence-corrected chi connectivity index (χ3v) is 4.90. The molecule has 0 spiro atoms. The summed E-state index contributed by atoms with van der Waals surface area (Å²) in [6, 6.07) is 15.2. The average Bonchev–Trinajstić information content (AvgIpc) is 2.65. The van der Waals surface area contributed by atoms with Crippen molar-refractivity contribution in [2.75, 3.05) is 6.61 Å². The number of ether oxygens (including phenoxy) is 2. The summed E-state index contributed by atoms with van der Waals surface area (Å²) in [4.78, 5) is 0. The van der Waals surface area contributed by atoms with Gasteiger partial charge in [0.25, 0.3) is 0 Å². The molecule has 26 heavy (non-hydrogen) atoms. The number of hydrogen-bond acceptors (Lipinski definition) is 6. The maximum absolute atomic E-state index is 10.1. The van der Waals surface area contributed by atoms with Crippen LogP contribution in [0.2, 0.25) is 0 Å². The summed E-state index contributed by atoms with van der Waals surface area (Å²) in [5, 5.41) is 39.2. The predicted octanol–water partition coefficient (Wildman–Crippen LogP) is 1.22. The molecule has 0 bridgehead atoms. The molecule has 7 heteroatoms. The maximum Gasteiger partial charge on any atom is 0.229 e. The second-order valence-corrected chi connectivity index (χ2v) is 7.14. The smallest absolute Gasteiger partial charge is 0.229 e. The van der Waals surface area contributed by atoms with E-state index in [0.29, 0.717) is 12.2 Å². The molecule has 0 amide bonds. The lowest BCUT2D eigenvalue weighted by molar-refractivity contribution is -0.277. The molecular formula is C19H21BrO6. The van der Waals surface area contributed by atoms with Crippen LogP contribution in [0.5, 0.6) is 5.75 Å². The van der Waals surface area contributed by atoms with E-state index in [4.69, 9.17) is 9.47 Å². The van der Waals surface area contributed by atoms with Gasteiger partial charge in [0, 0.05) is 10.9 Å². The van der Waals surface area contributed by atoms with Crippen molar-refractivity contribution in [3.8, 4) is 5.75 Å². The SMILES string of the molecule is OC[C@H]1O[C@@H](Oc2ccccc2Cc2ccc(Br)cc2)[C@H](O)[C@@H](O)[C@@H]1O. The third-order valence-electron chi connectivity index (χ3n) is 4.37. The molecular weight excluding hydrogens is 404 g/mol. The van der Waals surface area contributed by atoms with Crippen molar-refractivity contribution in [2.24, 2.45) is 0 Å². The summed E-state index contributed by atoms with van der Waals surface area (Å²) in [7, 11) is 0. The zero-order valence-corrected chi connectivity index (χ0v) is 15.5. The van der Waals surface area contributed by atoms with Crippen molar-refractivity contribution in [3.05, 3.63) is 64.1 Å². The van der Waals surface area contributed by atoms with E-state index < -0.39 is 37.3 Å². The van der Waals surface area contributed by atoms with Crippen LogP contribution in [0.1, 0.15) is 11.1 Å². The number of aliphatic hydroxyl groups is 4. The van der Waals surface area contributed by atoms with E-state index in [9.17, 15) is 20.4 Å². The maximum atomic E-state index is 10.1. The number of halogens is 1. The Labute approximate surface area is 159 Å². The largest absolute Gasteiger partial charge is 0.462 e. The lowest BCUT2D eigenvalue weighted by atomic mass is 9.99. The van der Waals surface area contributed by atoms with Crippen LogP contribution < -0.4 is 4.74 Å².